The minimum absolute atomic E-state index is 0.0635. The van der Waals surface area contributed by atoms with Crippen LogP contribution in [-0.4, -0.2) is 13.1 Å². The lowest BCUT2D eigenvalue weighted by atomic mass is 10.0. The number of methoxy groups -OCH3 is 1. The third kappa shape index (κ3) is 8.60. The monoisotopic (exact) mass is 282 g/mol. The molecule has 1 saturated carbocycles. The molecule has 0 saturated heterocycles. The molecule has 0 aliphatic heterocycles. The fourth-order valence-electron chi connectivity index (χ4n) is 3.23. The van der Waals surface area contributed by atoms with Crippen molar-refractivity contribution in [1.82, 2.24) is 0 Å². The minimum atomic E-state index is -0.0635. The van der Waals surface area contributed by atoms with Gasteiger partial charge in [-0.25, -0.2) is 0 Å². The molecular formula is C18H34O2. The van der Waals surface area contributed by atoms with Crippen LogP contribution in [0.1, 0.15) is 90.4 Å². The second kappa shape index (κ2) is 11.2. The lowest BCUT2D eigenvalue weighted by Gasteiger charge is -2.02. The molecule has 0 amide bonds. The van der Waals surface area contributed by atoms with Gasteiger partial charge in [0, 0.05) is 6.42 Å². The van der Waals surface area contributed by atoms with Crippen LogP contribution in [0.5, 0.6) is 0 Å². The van der Waals surface area contributed by atoms with E-state index in [1.165, 1.54) is 77.7 Å². The van der Waals surface area contributed by atoms with Gasteiger partial charge in [0.05, 0.1) is 7.11 Å². The second-order valence-electron chi connectivity index (χ2n) is 6.49. The summed E-state index contributed by atoms with van der Waals surface area (Å²) in [5.74, 6) is 2.12. The maximum absolute atomic E-state index is 10.9. The highest BCUT2D eigenvalue weighted by Crippen LogP contribution is 2.45. The first-order chi connectivity index (χ1) is 9.77. The average Bonchev–Trinajstić information content (AvgIpc) is 3.19. The second-order valence-corrected chi connectivity index (χ2v) is 6.49. The van der Waals surface area contributed by atoms with Gasteiger partial charge in [-0.15, -0.1) is 0 Å². The van der Waals surface area contributed by atoms with Crippen LogP contribution in [0.3, 0.4) is 0 Å². The summed E-state index contributed by atoms with van der Waals surface area (Å²) in [6.07, 6.45) is 16.9. The van der Waals surface area contributed by atoms with Gasteiger partial charge in [0.2, 0.25) is 0 Å². The first-order valence-electron chi connectivity index (χ1n) is 8.84. The maximum Gasteiger partial charge on any atom is 0.305 e. The van der Waals surface area contributed by atoms with Crippen molar-refractivity contribution in [2.45, 2.75) is 90.4 Å². The highest BCUT2D eigenvalue weighted by atomic mass is 16.5. The van der Waals surface area contributed by atoms with E-state index in [0.717, 1.165) is 18.3 Å². The van der Waals surface area contributed by atoms with Crippen LogP contribution in [-0.2, 0) is 9.53 Å². The molecule has 1 fully saturated rings. The number of carbonyl (C=O) groups is 1. The van der Waals surface area contributed by atoms with E-state index < -0.39 is 0 Å². The summed E-state index contributed by atoms with van der Waals surface area (Å²) in [6.45, 7) is 2.31. The Hall–Kier alpha value is -0.530. The lowest BCUT2D eigenvalue weighted by Crippen LogP contribution is -1.99. The molecule has 0 aromatic heterocycles. The first-order valence-corrected chi connectivity index (χ1v) is 8.84. The Bertz CT molecular complexity index is 250. The summed E-state index contributed by atoms with van der Waals surface area (Å²) in [5, 5.41) is 0. The molecule has 1 aliphatic rings. The number of ether oxygens (including phenoxy) is 1. The van der Waals surface area contributed by atoms with E-state index in [9.17, 15) is 4.79 Å². The normalized spacial score (nSPS) is 20.9. The Kier molecular flexibility index (Phi) is 9.78. The number of hydrogen-bond acceptors (Lipinski definition) is 2. The van der Waals surface area contributed by atoms with E-state index in [2.05, 4.69) is 11.7 Å². The molecule has 1 aliphatic carbocycles. The minimum Gasteiger partial charge on any atom is -0.469 e. The van der Waals surface area contributed by atoms with Crippen LogP contribution in [0, 0.1) is 11.8 Å². The van der Waals surface area contributed by atoms with Crippen LogP contribution < -0.4 is 0 Å². The SMILES string of the molecule is CCC[C@H]1C[C@H]1CCCCCCCCCCC(=O)OC. The van der Waals surface area contributed by atoms with Crippen molar-refractivity contribution < 1.29 is 9.53 Å². The largest absolute Gasteiger partial charge is 0.469 e. The zero-order chi connectivity index (χ0) is 14.6. The molecule has 0 unspecified atom stereocenters. The Labute approximate surface area is 125 Å². The summed E-state index contributed by atoms with van der Waals surface area (Å²) < 4.78 is 4.63. The van der Waals surface area contributed by atoms with E-state index in [1.54, 1.807) is 0 Å². The van der Waals surface area contributed by atoms with E-state index in [0.29, 0.717) is 6.42 Å². The zero-order valence-corrected chi connectivity index (χ0v) is 13.7. The number of unbranched alkanes of at least 4 members (excludes halogenated alkanes) is 7. The van der Waals surface area contributed by atoms with Crippen LogP contribution in [0.2, 0.25) is 0 Å². The summed E-state index contributed by atoms with van der Waals surface area (Å²) in [7, 11) is 1.47. The molecule has 0 radical (unpaired) electrons. The first kappa shape index (κ1) is 17.5. The highest BCUT2D eigenvalue weighted by Gasteiger charge is 2.34. The molecule has 2 nitrogen and oxygen atoms in total. The summed E-state index contributed by atoms with van der Waals surface area (Å²) in [5.41, 5.74) is 0. The summed E-state index contributed by atoms with van der Waals surface area (Å²) in [6, 6.07) is 0. The topological polar surface area (TPSA) is 26.3 Å². The van der Waals surface area contributed by atoms with Gasteiger partial charge in [-0.2, -0.15) is 0 Å². The van der Waals surface area contributed by atoms with Crippen LogP contribution in [0.25, 0.3) is 0 Å². The molecule has 0 aromatic rings. The van der Waals surface area contributed by atoms with Gasteiger partial charge in [0.15, 0.2) is 0 Å². The Morgan fingerprint density at radius 2 is 1.45 bits per heavy atom. The Balaban J connectivity index is 1.72. The molecule has 0 heterocycles. The van der Waals surface area contributed by atoms with Crippen molar-refractivity contribution in [3.63, 3.8) is 0 Å². The van der Waals surface area contributed by atoms with Crippen LogP contribution >= 0.6 is 0 Å². The number of hydrogen-bond donors (Lipinski definition) is 0. The van der Waals surface area contributed by atoms with E-state index >= 15 is 0 Å². The van der Waals surface area contributed by atoms with Gasteiger partial charge in [-0.05, 0) is 24.7 Å². The third-order valence-corrected chi connectivity index (χ3v) is 4.66. The van der Waals surface area contributed by atoms with Crippen molar-refractivity contribution in [2.75, 3.05) is 7.11 Å². The molecule has 1 rings (SSSR count). The smallest absolute Gasteiger partial charge is 0.305 e. The Morgan fingerprint density at radius 1 is 0.900 bits per heavy atom. The number of rotatable bonds is 13. The van der Waals surface area contributed by atoms with E-state index in [4.69, 9.17) is 0 Å². The predicted octanol–water partition coefficient (Wildman–Crippen LogP) is 5.50. The van der Waals surface area contributed by atoms with E-state index in [-0.39, 0.29) is 5.97 Å². The lowest BCUT2D eigenvalue weighted by molar-refractivity contribution is -0.140. The highest BCUT2D eigenvalue weighted by molar-refractivity contribution is 5.68. The predicted molar refractivity (Wildman–Crippen MR) is 84.7 cm³/mol. The molecule has 2 heteroatoms. The molecular weight excluding hydrogens is 248 g/mol. The number of esters is 1. The molecule has 20 heavy (non-hydrogen) atoms. The van der Waals surface area contributed by atoms with Crippen LogP contribution in [0.4, 0.5) is 0 Å². The van der Waals surface area contributed by atoms with Gasteiger partial charge in [0.25, 0.3) is 0 Å². The number of carbonyl (C=O) groups excluding carboxylic acids is 1. The fourth-order valence-corrected chi connectivity index (χ4v) is 3.23. The molecule has 2 atom stereocenters. The van der Waals surface area contributed by atoms with Crippen molar-refractivity contribution in [2.24, 2.45) is 11.8 Å². The van der Waals surface area contributed by atoms with Gasteiger partial charge >= 0.3 is 5.97 Å². The third-order valence-electron chi connectivity index (χ3n) is 4.66. The summed E-state index contributed by atoms with van der Waals surface area (Å²) >= 11 is 0. The van der Waals surface area contributed by atoms with Crippen molar-refractivity contribution >= 4 is 5.97 Å². The average molecular weight is 282 g/mol. The quantitative estimate of drug-likeness (QED) is 0.329. The molecule has 118 valence electrons. The molecule has 0 N–H and O–H groups in total. The fraction of sp³-hybridized carbons (Fsp3) is 0.944. The Morgan fingerprint density at radius 3 is 2.05 bits per heavy atom. The van der Waals surface area contributed by atoms with Crippen molar-refractivity contribution in [3.05, 3.63) is 0 Å². The van der Waals surface area contributed by atoms with Crippen molar-refractivity contribution in [3.8, 4) is 0 Å². The standard InChI is InChI=1S/C18H34O2/c1-3-12-16-15-17(16)13-10-8-6-4-5-7-9-11-14-18(19)20-2/h16-17H,3-15H2,1-2H3/t16-,17+/m0/s1. The maximum atomic E-state index is 10.9. The van der Waals surface area contributed by atoms with Gasteiger partial charge in [-0.1, -0.05) is 71.1 Å². The van der Waals surface area contributed by atoms with Gasteiger partial charge in [0.1, 0.15) is 0 Å². The van der Waals surface area contributed by atoms with Gasteiger partial charge < -0.3 is 4.74 Å². The molecule has 0 aromatic carbocycles. The zero-order valence-electron chi connectivity index (χ0n) is 13.7. The molecule has 0 spiro atoms. The van der Waals surface area contributed by atoms with Gasteiger partial charge in [-0.3, -0.25) is 4.79 Å². The van der Waals surface area contributed by atoms with Crippen LogP contribution in [0.15, 0.2) is 0 Å². The molecule has 0 bridgehead atoms. The van der Waals surface area contributed by atoms with Crippen molar-refractivity contribution in [1.29, 1.82) is 0 Å². The summed E-state index contributed by atoms with van der Waals surface area (Å²) in [4.78, 5) is 10.9. The van der Waals surface area contributed by atoms with E-state index in [1.807, 2.05) is 0 Å².